The fourth-order valence-corrected chi connectivity index (χ4v) is 2.52. The van der Waals surface area contributed by atoms with E-state index in [2.05, 4.69) is 21.2 Å². The average Bonchev–Trinajstić information content (AvgIpc) is 2.89. The molecule has 0 saturated carbocycles. The van der Waals surface area contributed by atoms with E-state index < -0.39 is 0 Å². The van der Waals surface area contributed by atoms with Crippen LogP contribution < -0.4 is 14.8 Å². The lowest BCUT2D eigenvalue weighted by Gasteiger charge is -2.09. The van der Waals surface area contributed by atoms with Crippen LogP contribution in [0.2, 0.25) is 5.02 Å². The molecule has 0 aliphatic carbocycles. The molecule has 0 fully saturated rings. The molecular formula is C15H11BrClNO3. The Balaban J connectivity index is 1.86. The van der Waals surface area contributed by atoms with Gasteiger partial charge in [0, 0.05) is 22.2 Å². The smallest absolute Gasteiger partial charge is 0.255 e. The number of benzene rings is 2. The van der Waals surface area contributed by atoms with Crippen LogP contribution in [0.5, 0.6) is 11.5 Å². The van der Waals surface area contributed by atoms with Crippen LogP contribution >= 0.6 is 27.5 Å². The van der Waals surface area contributed by atoms with Crippen molar-refractivity contribution in [3.63, 3.8) is 0 Å². The number of carbonyl (C=O) groups excluding carboxylic acids is 1. The van der Waals surface area contributed by atoms with Crippen molar-refractivity contribution >= 4 is 39.1 Å². The zero-order valence-corrected chi connectivity index (χ0v) is 13.4. The zero-order chi connectivity index (χ0) is 15.0. The van der Waals surface area contributed by atoms with Crippen LogP contribution in [-0.4, -0.2) is 12.7 Å². The topological polar surface area (TPSA) is 47.6 Å². The minimum Gasteiger partial charge on any atom is -0.454 e. The van der Waals surface area contributed by atoms with Gasteiger partial charge in [-0.25, -0.2) is 0 Å². The summed E-state index contributed by atoms with van der Waals surface area (Å²) in [5, 5.41) is 3.18. The van der Waals surface area contributed by atoms with Crippen LogP contribution in [0, 0.1) is 6.92 Å². The molecule has 108 valence electrons. The van der Waals surface area contributed by atoms with Crippen molar-refractivity contribution in [3.8, 4) is 11.5 Å². The fraction of sp³-hybridized carbons (Fsp3) is 0.133. The van der Waals surface area contributed by atoms with Gasteiger partial charge in [0.25, 0.3) is 5.91 Å². The number of carbonyl (C=O) groups is 1. The maximum absolute atomic E-state index is 12.3. The van der Waals surface area contributed by atoms with Gasteiger partial charge in [-0.1, -0.05) is 33.6 Å². The number of hydrogen-bond acceptors (Lipinski definition) is 3. The molecule has 0 spiro atoms. The van der Waals surface area contributed by atoms with E-state index in [9.17, 15) is 4.79 Å². The van der Waals surface area contributed by atoms with Gasteiger partial charge in [0.1, 0.15) is 0 Å². The van der Waals surface area contributed by atoms with E-state index in [0.29, 0.717) is 27.8 Å². The monoisotopic (exact) mass is 367 g/mol. The first kappa shape index (κ1) is 14.2. The highest BCUT2D eigenvalue weighted by molar-refractivity contribution is 9.10. The number of hydrogen-bond donors (Lipinski definition) is 1. The Bertz CT molecular complexity index is 733. The predicted molar refractivity (Wildman–Crippen MR) is 84.4 cm³/mol. The Morgan fingerprint density at radius 3 is 2.67 bits per heavy atom. The van der Waals surface area contributed by atoms with E-state index in [0.717, 1.165) is 10.0 Å². The first-order valence-corrected chi connectivity index (χ1v) is 7.38. The number of anilines is 1. The third-order valence-electron chi connectivity index (χ3n) is 3.14. The van der Waals surface area contributed by atoms with Crippen molar-refractivity contribution in [2.45, 2.75) is 6.92 Å². The van der Waals surface area contributed by atoms with Crippen molar-refractivity contribution in [2.75, 3.05) is 12.1 Å². The minimum atomic E-state index is -0.239. The summed E-state index contributed by atoms with van der Waals surface area (Å²) >= 11 is 9.55. The number of rotatable bonds is 2. The Labute approximate surface area is 135 Å². The van der Waals surface area contributed by atoms with Gasteiger partial charge in [-0.05, 0) is 24.6 Å². The molecular weight excluding hydrogens is 358 g/mol. The Hall–Kier alpha value is -1.72. The highest BCUT2D eigenvalue weighted by atomic mass is 79.9. The van der Waals surface area contributed by atoms with E-state index in [1.165, 1.54) is 0 Å². The second-order valence-electron chi connectivity index (χ2n) is 4.60. The molecule has 0 aromatic heterocycles. The Morgan fingerprint density at radius 1 is 1.24 bits per heavy atom. The van der Waals surface area contributed by atoms with Crippen LogP contribution in [0.15, 0.2) is 34.8 Å². The summed E-state index contributed by atoms with van der Waals surface area (Å²) in [6.07, 6.45) is 0. The number of amides is 1. The van der Waals surface area contributed by atoms with Gasteiger partial charge in [-0.15, -0.1) is 0 Å². The first-order chi connectivity index (χ1) is 10.0. The number of halogens is 2. The van der Waals surface area contributed by atoms with Crippen LogP contribution in [0.1, 0.15) is 15.9 Å². The Kier molecular flexibility index (Phi) is 3.78. The molecule has 0 radical (unpaired) electrons. The highest BCUT2D eigenvalue weighted by Crippen LogP contribution is 2.39. The number of nitrogens with one attached hydrogen (secondary N) is 1. The summed E-state index contributed by atoms with van der Waals surface area (Å²) in [6.45, 7) is 2.12. The summed E-state index contributed by atoms with van der Waals surface area (Å²) in [4.78, 5) is 12.3. The highest BCUT2D eigenvalue weighted by Gasteiger charge is 2.18. The number of ether oxygens (including phenoxy) is 2. The molecule has 0 saturated heterocycles. The van der Waals surface area contributed by atoms with Gasteiger partial charge < -0.3 is 14.8 Å². The maximum Gasteiger partial charge on any atom is 0.255 e. The van der Waals surface area contributed by atoms with Gasteiger partial charge in [0.2, 0.25) is 6.79 Å². The predicted octanol–water partition coefficient (Wildman–Crippen LogP) is 4.39. The summed E-state index contributed by atoms with van der Waals surface area (Å²) < 4.78 is 11.4. The van der Waals surface area contributed by atoms with E-state index in [1.807, 2.05) is 13.0 Å². The molecule has 1 N–H and O–H groups in total. The molecule has 4 nitrogen and oxygen atoms in total. The lowest BCUT2D eigenvalue weighted by molar-refractivity contribution is 0.102. The third kappa shape index (κ3) is 2.84. The minimum absolute atomic E-state index is 0.161. The van der Waals surface area contributed by atoms with E-state index >= 15 is 0 Å². The summed E-state index contributed by atoms with van der Waals surface area (Å²) in [6, 6.07) is 8.69. The SMILES string of the molecule is Cc1ccc(C(=O)Nc2cc3c(cc2Cl)OCO3)cc1Br. The van der Waals surface area contributed by atoms with E-state index in [4.69, 9.17) is 21.1 Å². The maximum atomic E-state index is 12.3. The van der Waals surface area contributed by atoms with Gasteiger partial charge in [-0.3, -0.25) is 4.79 Å². The molecule has 1 aliphatic heterocycles. The number of fused-ring (bicyclic) bond motifs is 1. The lowest BCUT2D eigenvalue weighted by Crippen LogP contribution is -2.12. The van der Waals surface area contributed by atoms with Crippen molar-refractivity contribution in [3.05, 3.63) is 51.0 Å². The number of aryl methyl sites for hydroxylation is 1. The van der Waals surface area contributed by atoms with Crippen molar-refractivity contribution in [2.24, 2.45) is 0 Å². The molecule has 0 atom stereocenters. The molecule has 1 heterocycles. The molecule has 2 aromatic carbocycles. The summed E-state index contributed by atoms with van der Waals surface area (Å²) in [7, 11) is 0. The fourth-order valence-electron chi connectivity index (χ4n) is 1.94. The van der Waals surface area contributed by atoms with Crippen LogP contribution in [0.3, 0.4) is 0 Å². The van der Waals surface area contributed by atoms with Crippen LogP contribution in [0.4, 0.5) is 5.69 Å². The van der Waals surface area contributed by atoms with E-state index in [1.54, 1.807) is 24.3 Å². The molecule has 1 amide bonds. The van der Waals surface area contributed by atoms with Gasteiger partial charge in [0.05, 0.1) is 10.7 Å². The van der Waals surface area contributed by atoms with Crippen molar-refractivity contribution < 1.29 is 14.3 Å². The molecule has 0 unspecified atom stereocenters. The first-order valence-electron chi connectivity index (χ1n) is 6.21. The third-order valence-corrected chi connectivity index (χ3v) is 4.31. The van der Waals surface area contributed by atoms with E-state index in [-0.39, 0.29) is 12.7 Å². The second kappa shape index (κ2) is 5.58. The lowest BCUT2D eigenvalue weighted by atomic mass is 10.1. The molecule has 3 rings (SSSR count). The second-order valence-corrected chi connectivity index (χ2v) is 5.86. The van der Waals surface area contributed by atoms with Crippen molar-refractivity contribution in [1.29, 1.82) is 0 Å². The largest absolute Gasteiger partial charge is 0.454 e. The van der Waals surface area contributed by atoms with Gasteiger partial charge in [-0.2, -0.15) is 0 Å². The quantitative estimate of drug-likeness (QED) is 0.855. The van der Waals surface area contributed by atoms with Crippen molar-refractivity contribution in [1.82, 2.24) is 0 Å². The zero-order valence-electron chi connectivity index (χ0n) is 11.1. The normalized spacial score (nSPS) is 12.3. The standard InChI is InChI=1S/C15H11BrClNO3/c1-8-2-3-9(4-10(8)16)15(19)18-12-6-14-13(5-11(12)17)20-7-21-14/h2-6H,7H2,1H3,(H,18,19). The summed E-state index contributed by atoms with van der Waals surface area (Å²) in [5.74, 6) is 0.910. The van der Waals surface area contributed by atoms with Crippen LogP contribution in [-0.2, 0) is 0 Å². The molecule has 6 heteroatoms. The molecule has 1 aliphatic rings. The van der Waals surface area contributed by atoms with Crippen LogP contribution in [0.25, 0.3) is 0 Å². The van der Waals surface area contributed by atoms with Gasteiger partial charge in [0.15, 0.2) is 11.5 Å². The summed E-state index contributed by atoms with van der Waals surface area (Å²) in [5.41, 5.74) is 2.09. The molecule has 21 heavy (non-hydrogen) atoms. The average molecular weight is 369 g/mol. The molecule has 0 bridgehead atoms. The van der Waals surface area contributed by atoms with Gasteiger partial charge >= 0.3 is 0 Å². The Morgan fingerprint density at radius 2 is 1.95 bits per heavy atom. The molecule has 2 aromatic rings.